The Morgan fingerprint density at radius 3 is 2.88 bits per heavy atom. The van der Waals surface area contributed by atoms with E-state index in [1.807, 2.05) is 0 Å². The fraction of sp³-hybridized carbons (Fsp3) is 0. The number of hydrogen-bond donors (Lipinski definition) is 1. The van der Waals surface area contributed by atoms with Crippen LogP contribution < -0.4 is 10.1 Å². The number of nitrogens with zero attached hydrogens (tertiary/aromatic N) is 2. The molecular formula is C19H12ClN3O3. The van der Waals surface area contributed by atoms with E-state index in [0.717, 1.165) is 5.39 Å². The molecular weight excluding hydrogens is 354 g/mol. The van der Waals surface area contributed by atoms with Crippen molar-refractivity contribution in [3.05, 3.63) is 77.9 Å². The Kier molecular flexibility index (Phi) is 4.25. The number of nitrogens with one attached hydrogen (secondary N) is 1. The minimum absolute atomic E-state index is 0.197. The summed E-state index contributed by atoms with van der Waals surface area (Å²) in [5.41, 5.74) is 1.16. The lowest BCUT2D eigenvalue weighted by molar-refractivity contribution is 0.0998. The van der Waals surface area contributed by atoms with Crippen molar-refractivity contribution in [2.75, 3.05) is 5.32 Å². The van der Waals surface area contributed by atoms with Gasteiger partial charge in [-0.25, -0.2) is 4.98 Å². The van der Waals surface area contributed by atoms with Crippen LogP contribution in [0.3, 0.4) is 0 Å². The molecule has 0 unspecified atom stereocenters. The fourth-order valence-corrected chi connectivity index (χ4v) is 2.60. The molecule has 0 atom stereocenters. The van der Waals surface area contributed by atoms with Crippen molar-refractivity contribution in [2.45, 2.75) is 0 Å². The van der Waals surface area contributed by atoms with Gasteiger partial charge < -0.3 is 14.5 Å². The molecule has 0 saturated carbocycles. The first-order chi connectivity index (χ1) is 12.7. The van der Waals surface area contributed by atoms with Crippen LogP contribution in [0.2, 0.25) is 5.02 Å². The third kappa shape index (κ3) is 3.50. The molecule has 0 bridgehead atoms. The molecule has 0 aliphatic carbocycles. The highest BCUT2D eigenvalue weighted by atomic mass is 35.5. The summed E-state index contributed by atoms with van der Waals surface area (Å²) in [5, 5.41) is 4.13. The number of halogens is 1. The van der Waals surface area contributed by atoms with E-state index in [0.29, 0.717) is 27.9 Å². The molecule has 0 aliphatic rings. The van der Waals surface area contributed by atoms with Crippen molar-refractivity contribution < 1.29 is 13.9 Å². The Morgan fingerprint density at radius 2 is 2.04 bits per heavy atom. The highest BCUT2D eigenvalue weighted by Crippen LogP contribution is 2.25. The standard InChI is InChI=1S/C19H12ClN3O3/c20-13-4-5-16-12(8-13)9-17(26-16)19(24)23-14-2-1-3-15(10-14)25-18-11-21-6-7-22-18/h1-11H,(H,23,24). The van der Waals surface area contributed by atoms with Gasteiger partial charge in [0.2, 0.25) is 5.88 Å². The maximum absolute atomic E-state index is 12.4. The first-order valence-electron chi connectivity index (χ1n) is 7.72. The largest absolute Gasteiger partial charge is 0.451 e. The molecule has 4 rings (SSSR count). The molecule has 2 aromatic heterocycles. The molecule has 0 spiro atoms. The molecule has 2 heterocycles. The summed E-state index contributed by atoms with van der Waals surface area (Å²) in [4.78, 5) is 20.4. The normalized spacial score (nSPS) is 10.7. The number of aromatic nitrogens is 2. The van der Waals surface area contributed by atoms with Gasteiger partial charge in [0.25, 0.3) is 5.91 Å². The second-order valence-electron chi connectivity index (χ2n) is 5.42. The van der Waals surface area contributed by atoms with E-state index in [2.05, 4.69) is 15.3 Å². The summed E-state index contributed by atoms with van der Waals surface area (Å²) in [6, 6.07) is 13.8. The van der Waals surface area contributed by atoms with Gasteiger partial charge in [0.15, 0.2) is 5.76 Å². The van der Waals surface area contributed by atoms with E-state index in [4.69, 9.17) is 20.8 Å². The van der Waals surface area contributed by atoms with Crippen molar-refractivity contribution in [3.8, 4) is 11.6 Å². The lowest BCUT2D eigenvalue weighted by atomic mass is 10.2. The summed E-state index contributed by atoms with van der Waals surface area (Å²) >= 11 is 5.96. The molecule has 0 radical (unpaired) electrons. The minimum atomic E-state index is -0.367. The number of fused-ring (bicyclic) bond motifs is 1. The van der Waals surface area contributed by atoms with Gasteiger partial charge in [-0.1, -0.05) is 17.7 Å². The third-order valence-corrected chi connectivity index (χ3v) is 3.79. The van der Waals surface area contributed by atoms with Crippen molar-refractivity contribution in [1.29, 1.82) is 0 Å². The molecule has 0 fully saturated rings. The van der Waals surface area contributed by atoms with E-state index in [1.165, 1.54) is 12.4 Å². The molecule has 0 saturated heterocycles. The predicted molar refractivity (Wildman–Crippen MR) is 97.7 cm³/mol. The summed E-state index contributed by atoms with van der Waals surface area (Å²) < 4.78 is 11.2. The molecule has 1 amide bonds. The fourth-order valence-electron chi connectivity index (χ4n) is 2.42. The zero-order valence-electron chi connectivity index (χ0n) is 13.3. The van der Waals surface area contributed by atoms with Gasteiger partial charge in [0.05, 0.1) is 6.20 Å². The molecule has 0 aliphatic heterocycles. The van der Waals surface area contributed by atoms with E-state index < -0.39 is 0 Å². The number of furan rings is 1. The van der Waals surface area contributed by atoms with Crippen LogP contribution in [-0.4, -0.2) is 15.9 Å². The monoisotopic (exact) mass is 365 g/mol. The van der Waals surface area contributed by atoms with Gasteiger partial charge in [-0.2, -0.15) is 0 Å². The summed E-state index contributed by atoms with van der Waals surface area (Å²) in [7, 11) is 0. The number of rotatable bonds is 4. The highest BCUT2D eigenvalue weighted by molar-refractivity contribution is 6.31. The highest BCUT2D eigenvalue weighted by Gasteiger charge is 2.13. The van der Waals surface area contributed by atoms with Crippen LogP contribution in [0.25, 0.3) is 11.0 Å². The van der Waals surface area contributed by atoms with Gasteiger partial charge in [0.1, 0.15) is 11.3 Å². The summed E-state index contributed by atoms with van der Waals surface area (Å²) in [6.45, 7) is 0. The molecule has 128 valence electrons. The van der Waals surface area contributed by atoms with Crippen molar-refractivity contribution in [3.63, 3.8) is 0 Å². The number of hydrogen-bond acceptors (Lipinski definition) is 5. The quantitative estimate of drug-likeness (QED) is 0.555. The summed E-state index contributed by atoms with van der Waals surface area (Å²) in [5.74, 6) is 0.723. The molecule has 7 heteroatoms. The first kappa shape index (κ1) is 16.1. The topological polar surface area (TPSA) is 77.2 Å². The number of carbonyl (C=O) groups is 1. The van der Waals surface area contributed by atoms with E-state index >= 15 is 0 Å². The molecule has 6 nitrogen and oxygen atoms in total. The molecule has 4 aromatic rings. The van der Waals surface area contributed by atoms with Crippen molar-refractivity contribution >= 4 is 34.2 Å². The van der Waals surface area contributed by atoms with Crippen LogP contribution in [0, 0.1) is 0 Å². The Hall–Kier alpha value is -3.38. The van der Waals surface area contributed by atoms with Gasteiger partial charge >= 0.3 is 0 Å². The SMILES string of the molecule is O=C(Nc1cccc(Oc2cnccn2)c1)c1cc2cc(Cl)ccc2o1. The average molecular weight is 366 g/mol. The zero-order chi connectivity index (χ0) is 17.9. The van der Waals surface area contributed by atoms with Crippen LogP contribution in [-0.2, 0) is 0 Å². The number of amides is 1. The smallest absolute Gasteiger partial charge is 0.291 e. The molecule has 2 aromatic carbocycles. The first-order valence-corrected chi connectivity index (χ1v) is 8.09. The average Bonchev–Trinajstić information content (AvgIpc) is 3.06. The van der Waals surface area contributed by atoms with Crippen LogP contribution in [0.15, 0.2) is 71.5 Å². The second-order valence-corrected chi connectivity index (χ2v) is 5.86. The summed E-state index contributed by atoms with van der Waals surface area (Å²) in [6.07, 6.45) is 4.60. The van der Waals surface area contributed by atoms with Crippen LogP contribution in [0.1, 0.15) is 10.6 Å². The van der Waals surface area contributed by atoms with E-state index in [9.17, 15) is 4.79 Å². The Balaban J connectivity index is 1.52. The molecule has 26 heavy (non-hydrogen) atoms. The third-order valence-electron chi connectivity index (χ3n) is 3.56. The van der Waals surface area contributed by atoms with E-state index in [1.54, 1.807) is 54.7 Å². The molecule has 1 N–H and O–H groups in total. The van der Waals surface area contributed by atoms with Gasteiger partial charge in [-0.05, 0) is 36.4 Å². The minimum Gasteiger partial charge on any atom is -0.451 e. The second kappa shape index (κ2) is 6.85. The van der Waals surface area contributed by atoms with Crippen LogP contribution in [0.5, 0.6) is 11.6 Å². The maximum Gasteiger partial charge on any atom is 0.291 e. The predicted octanol–water partition coefficient (Wildman–Crippen LogP) is 4.92. The number of benzene rings is 2. The van der Waals surface area contributed by atoms with Gasteiger partial charge in [-0.3, -0.25) is 9.78 Å². The van der Waals surface area contributed by atoms with Gasteiger partial charge in [0, 0.05) is 34.6 Å². The Labute approximate surface area is 153 Å². The lowest BCUT2D eigenvalue weighted by Crippen LogP contribution is -2.10. The van der Waals surface area contributed by atoms with E-state index in [-0.39, 0.29) is 11.7 Å². The number of anilines is 1. The lowest BCUT2D eigenvalue weighted by Gasteiger charge is -2.07. The maximum atomic E-state index is 12.4. The zero-order valence-corrected chi connectivity index (χ0v) is 14.1. The van der Waals surface area contributed by atoms with Crippen molar-refractivity contribution in [2.24, 2.45) is 0 Å². The Bertz CT molecular complexity index is 1080. The van der Waals surface area contributed by atoms with Crippen LogP contribution >= 0.6 is 11.6 Å². The Morgan fingerprint density at radius 1 is 1.12 bits per heavy atom. The van der Waals surface area contributed by atoms with Gasteiger partial charge in [-0.15, -0.1) is 0 Å². The number of ether oxygens (including phenoxy) is 1. The number of carbonyl (C=O) groups excluding carboxylic acids is 1. The van der Waals surface area contributed by atoms with Crippen LogP contribution in [0.4, 0.5) is 5.69 Å². The van der Waals surface area contributed by atoms with Crippen molar-refractivity contribution in [1.82, 2.24) is 9.97 Å².